The van der Waals surface area contributed by atoms with Gasteiger partial charge in [0.15, 0.2) is 4.34 Å². The molecule has 5 heteroatoms. The smallest absolute Gasteiger partial charge is 0.170 e. The Hall–Kier alpha value is -0.130. The number of hydrogen-bond acceptors (Lipinski definition) is 5. The lowest BCUT2D eigenvalue weighted by Crippen LogP contribution is -2.35. The molecule has 1 aromatic rings. The normalized spacial score (nSPS) is 15.2. The van der Waals surface area contributed by atoms with Crippen LogP contribution in [0.15, 0.2) is 4.34 Å². The monoisotopic (exact) mass is 245 g/mol. The molecule has 0 bridgehead atoms. The third kappa shape index (κ3) is 4.09. The van der Waals surface area contributed by atoms with Gasteiger partial charge in [0.2, 0.25) is 0 Å². The fourth-order valence-corrected chi connectivity index (χ4v) is 3.59. The Morgan fingerprint density at radius 1 is 1.47 bits per heavy atom. The number of aromatic nitrogens is 2. The first-order valence-corrected chi connectivity index (χ1v) is 7.03. The molecule has 15 heavy (non-hydrogen) atoms. The lowest BCUT2D eigenvalue weighted by molar-refractivity contribution is 0.509. The largest absolute Gasteiger partial charge is 0.313 e. The molecule has 0 amide bonds. The number of thioether (sulfide) groups is 1. The maximum absolute atomic E-state index is 4.37. The highest BCUT2D eigenvalue weighted by Gasteiger charge is 2.17. The SMILES string of the molecule is CCNC(CC)C(C)Sc1nc(C)ns1. The fraction of sp³-hybridized carbons (Fsp3) is 0.800. The summed E-state index contributed by atoms with van der Waals surface area (Å²) in [5.74, 6) is 0.881. The van der Waals surface area contributed by atoms with Crippen molar-refractivity contribution in [2.45, 2.75) is 49.7 Å². The molecule has 0 fully saturated rings. The van der Waals surface area contributed by atoms with Gasteiger partial charge in [0.1, 0.15) is 5.82 Å². The van der Waals surface area contributed by atoms with E-state index in [1.54, 1.807) is 0 Å². The first-order valence-electron chi connectivity index (χ1n) is 5.37. The van der Waals surface area contributed by atoms with E-state index in [1.807, 2.05) is 18.7 Å². The van der Waals surface area contributed by atoms with E-state index in [1.165, 1.54) is 11.5 Å². The number of nitrogens with one attached hydrogen (secondary N) is 1. The molecular formula is C10H19N3S2. The van der Waals surface area contributed by atoms with Crippen molar-refractivity contribution in [1.82, 2.24) is 14.7 Å². The third-order valence-corrected chi connectivity index (χ3v) is 4.38. The minimum Gasteiger partial charge on any atom is -0.313 e. The molecule has 2 atom stereocenters. The summed E-state index contributed by atoms with van der Waals surface area (Å²) in [5, 5.41) is 4.04. The van der Waals surface area contributed by atoms with E-state index in [9.17, 15) is 0 Å². The van der Waals surface area contributed by atoms with Crippen LogP contribution < -0.4 is 5.32 Å². The second kappa shape index (κ2) is 6.45. The van der Waals surface area contributed by atoms with Crippen molar-refractivity contribution >= 4 is 23.3 Å². The van der Waals surface area contributed by atoms with Crippen molar-refractivity contribution in [2.75, 3.05) is 6.54 Å². The Balaban J connectivity index is 2.49. The predicted molar refractivity (Wildman–Crippen MR) is 67.7 cm³/mol. The minimum atomic E-state index is 0.544. The zero-order chi connectivity index (χ0) is 11.3. The average molecular weight is 245 g/mol. The number of nitrogens with zero attached hydrogens (tertiary/aromatic N) is 2. The standard InChI is InChI=1S/C10H19N3S2/c1-5-9(11-6-2)7(3)14-10-12-8(4)13-15-10/h7,9,11H,5-6H2,1-4H3. The van der Waals surface area contributed by atoms with Gasteiger partial charge in [0.05, 0.1) is 0 Å². The van der Waals surface area contributed by atoms with Crippen LogP contribution in [0, 0.1) is 6.92 Å². The van der Waals surface area contributed by atoms with Gasteiger partial charge < -0.3 is 5.32 Å². The van der Waals surface area contributed by atoms with Crippen LogP contribution in [0.5, 0.6) is 0 Å². The molecule has 0 aromatic carbocycles. The highest BCUT2D eigenvalue weighted by Crippen LogP contribution is 2.27. The molecule has 1 N–H and O–H groups in total. The molecule has 0 saturated heterocycles. The van der Waals surface area contributed by atoms with E-state index in [-0.39, 0.29) is 0 Å². The molecule has 3 nitrogen and oxygen atoms in total. The van der Waals surface area contributed by atoms with Gasteiger partial charge in [0, 0.05) is 11.3 Å². The summed E-state index contributed by atoms with van der Waals surface area (Å²) in [7, 11) is 0. The summed E-state index contributed by atoms with van der Waals surface area (Å²) in [6.45, 7) is 9.58. The first kappa shape index (κ1) is 12.9. The summed E-state index contributed by atoms with van der Waals surface area (Å²) >= 11 is 3.32. The minimum absolute atomic E-state index is 0.544. The molecule has 2 unspecified atom stereocenters. The molecule has 86 valence electrons. The van der Waals surface area contributed by atoms with Crippen LogP contribution in [0.25, 0.3) is 0 Å². The predicted octanol–water partition coefficient (Wildman–Crippen LogP) is 2.72. The van der Waals surface area contributed by atoms with Gasteiger partial charge >= 0.3 is 0 Å². The van der Waals surface area contributed by atoms with Crippen molar-refractivity contribution in [3.63, 3.8) is 0 Å². The summed E-state index contributed by atoms with van der Waals surface area (Å²) < 4.78 is 5.27. The fourth-order valence-electron chi connectivity index (χ4n) is 1.47. The second-order valence-electron chi connectivity index (χ2n) is 3.50. The van der Waals surface area contributed by atoms with Gasteiger partial charge in [-0.3, -0.25) is 0 Å². The lowest BCUT2D eigenvalue weighted by Gasteiger charge is -2.21. The van der Waals surface area contributed by atoms with Crippen LogP contribution in [-0.4, -0.2) is 27.2 Å². The molecule has 0 spiro atoms. The number of rotatable bonds is 6. The Morgan fingerprint density at radius 2 is 2.20 bits per heavy atom. The van der Waals surface area contributed by atoms with Gasteiger partial charge in [-0.25, -0.2) is 4.98 Å². The highest BCUT2D eigenvalue weighted by molar-refractivity contribution is 8.01. The van der Waals surface area contributed by atoms with Crippen molar-refractivity contribution in [2.24, 2.45) is 0 Å². The van der Waals surface area contributed by atoms with E-state index in [0.29, 0.717) is 11.3 Å². The van der Waals surface area contributed by atoms with Gasteiger partial charge in [0.25, 0.3) is 0 Å². The Labute approximate surface area is 100 Å². The molecular weight excluding hydrogens is 226 g/mol. The zero-order valence-corrected chi connectivity index (χ0v) is 11.4. The quantitative estimate of drug-likeness (QED) is 0.782. The molecule has 0 saturated carbocycles. The van der Waals surface area contributed by atoms with E-state index in [0.717, 1.165) is 23.1 Å². The lowest BCUT2D eigenvalue weighted by atomic mass is 10.2. The maximum Gasteiger partial charge on any atom is 0.170 e. The Kier molecular flexibility index (Phi) is 5.56. The van der Waals surface area contributed by atoms with E-state index < -0.39 is 0 Å². The van der Waals surface area contributed by atoms with Gasteiger partial charge in [-0.05, 0) is 31.4 Å². The molecule has 0 aliphatic heterocycles. The van der Waals surface area contributed by atoms with Crippen LogP contribution in [0.3, 0.4) is 0 Å². The van der Waals surface area contributed by atoms with Crippen LogP contribution in [0.2, 0.25) is 0 Å². The van der Waals surface area contributed by atoms with Gasteiger partial charge in [-0.15, -0.1) is 0 Å². The summed E-state index contributed by atoms with van der Waals surface area (Å²) in [6, 6.07) is 0.559. The summed E-state index contributed by atoms with van der Waals surface area (Å²) in [5.41, 5.74) is 0. The first-order chi connectivity index (χ1) is 7.17. The molecule has 0 aliphatic carbocycles. The average Bonchev–Trinajstić information content (AvgIpc) is 2.60. The summed E-state index contributed by atoms with van der Waals surface area (Å²) in [6.07, 6.45) is 1.15. The van der Waals surface area contributed by atoms with Gasteiger partial charge in [-0.1, -0.05) is 32.5 Å². The van der Waals surface area contributed by atoms with E-state index in [4.69, 9.17) is 0 Å². The molecule has 0 radical (unpaired) electrons. The molecule has 1 aromatic heterocycles. The van der Waals surface area contributed by atoms with Crippen molar-refractivity contribution in [1.29, 1.82) is 0 Å². The van der Waals surface area contributed by atoms with Crippen molar-refractivity contribution in [3.05, 3.63) is 5.82 Å². The van der Waals surface area contributed by atoms with Crippen LogP contribution >= 0.6 is 23.3 Å². The second-order valence-corrected chi connectivity index (χ2v) is 5.88. The van der Waals surface area contributed by atoms with E-state index >= 15 is 0 Å². The maximum atomic E-state index is 4.37. The highest BCUT2D eigenvalue weighted by atomic mass is 32.2. The van der Waals surface area contributed by atoms with Crippen LogP contribution in [0.1, 0.15) is 33.0 Å². The summed E-state index contributed by atoms with van der Waals surface area (Å²) in [4.78, 5) is 4.37. The Bertz CT molecular complexity index is 288. The molecule has 1 rings (SSSR count). The Morgan fingerprint density at radius 3 is 2.67 bits per heavy atom. The van der Waals surface area contributed by atoms with Crippen molar-refractivity contribution in [3.8, 4) is 0 Å². The number of aryl methyl sites for hydroxylation is 1. The van der Waals surface area contributed by atoms with Gasteiger partial charge in [-0.2, -0.15) is 4.37 Å². The number of hydrogen-bond donors (Lipinski definition) is 1. The molecule has 1 heterocycles. The van der Waals surface area contributed by atoms with E-state index in [2.05, 4.69) is 35.4 Å². The zero-order valence-electron chi connectivity index (χ0n) is 9.78. The molecule has 0 aliphatic rings. The van der Waals surface area contributed by atoms with Crippen molar-refractivity contribution < 1.29 is 0 Å². The van der Waals surface area contributed by atoms with Crippen LogP contribution in [0.4, 0.5) is 0 Å². The van der Waals surface area contributed by atoms with Crippen LogP contribution in [-0.2, 0) is 0 Å². The topological polar surface area (TPSA) is 37.8 Å². The third-order valence-electron chi connectivity index (χ3n) is 2.27.